The Bertz CT molecular complexity index is 880. The van der Waals surface area contributed by atoms with Crippen molar-refractivity contribution >= 4 is 28.9 Å². The summed E-state index contributed by atoms with van der Waals surface area (Å²) in [4.78, 5) is 24.9. The van der Waals surface area contributed by atoms with Crippen molar-refractivity contribution in [1.29, 1.82) is 0 Å². The van der Waals surface area contributed by atoms with Crippen molar-refractivity contribution in [2.45, 2.75) is 26.7 Å². The van der Waals surface area contributed by atoms with Crippen molar-refractivity contribution in [1.82, 2.24) is 0 Å². The molecule has 7 heteroatoms. The summed E-state index contributed by atoms with van der Waals surface area (Å²) in [6.07, 6.45) is 0.526. The van der Waals surface area contributed by atoms with Crippen LogP contribution in [0.2, 0.25) is 0 Å². The van der Waals surface area contributed by atoms with Crippen LogP contribution in [-0.4, -0.2) is 30.7 Å². The van der Waals surface area contributed by atoms with Gasteiger partial charge in [0.25, 0.3) is 5.91 Å². The number of ether oxygens (including phenoxy) is 2. The maximum absolute atomic E-state index is 12.7. The third kappa shape index (κ3) is 4.49. The molecule has 28 heavy (non-hydrogen) atoms. The van der Waals surface area contributed by atoms with E-state index in [2.05, 4.69) is 10.4 Å². The van der Waals surface area contributed by atoms with Gasteiger partial charge < -0.3 is 14.8 Å². The van der Waals surface area contributed by atoms with Crippen molar-refractivity contribution in [2.24, 2.45) is 5.10 Å². The number of hydrogen-bond acceptors (Lipinski definition) is 5. The Hall–Kier alpha value is -3.35. The van der Waals surface area contributed by atoms with Gasteiger partial charge in [-0.3, -0.25) is 9.59 Å². The number of amides is 2. The summed E-state index contributed by atoms with van der Waals surface area (Å²) < 4.78 is 11.1. The van der Waals surface area contributed by atoms with Gasteiger partial charge in [0.1, 0.15) is 5.71 Å². The minimum absolute atomic E-state index is 0.137. The fourth-order valence-electron chi connectivity index (χ4n) is 2.82. The molecule has 0 aromatic heterocycles. The van der Waals surface area contributed by atoms with E-state index in [0.717, 1.165) is 0 Å². The van der Waals surface area contributed by atoms with Gasteiger partial charge in [-0.05, 0) is 38.1 Å². The normalized spacial score (nSPS) is 13.7. The number of carbonyl (C=O) groups is 2. The first kappa shape index (κ1) is 19.4. The summed E-state index contributed by atoms with van der Waals surface area (Å²) in [5, 5.41) is 8.37. The lowest BCUT2D eigenvalue weighted by atomic mass is 10.1. The van der Waals surface area contributed by atoms with Crippen molar-refractivity contribution in [3.8, 4) is 11.5 Å². The zero-order valence-corrected chi connectivity index (χ0v) is 16.0. The number of nitrogens with zero attached hydrogens (tertiary/aromatic N) is 2. The summed E-state index contributed by atoms with van der Waals surface area (Å²) in [7, 11) is 0. The van der Waals surface area contributed by atoms with E-state index in [1.54, 1.807) is 30.3 Å². The van der Waals surface area contributed by atoms with E-state index >= 15 is 0 Å². The fraction of sp³-hybridized carbons (Fsp3) is 0.286. The number of carbonyl (C=O) groups excluding carboxylic acids is 2. The van der Waals surface area contributed by atoms with Gasteiger partial charge in [0.2, 0.25) is 5.91 Å². The molecule has 2 aromatic carbocycles. The first-order valence-corrected chi connectivity index (χ1v) is 9.28. The van der Waals surface area contributed by atoms with Gasteiger partial charge in [-0.2, -0.15) is 5.10 Å². The molecular formula is C21H23N3O4. The van der Waals surface area contributed by atoms with Crippen LogP contribution in [0.3, 0.4) is 0 Å². The molecule has 1 heterocycles. The van der Waals surface area contributed by atoms with Gasteiger partial charge in [-0.15, -0.1) is 0 Å². The molecule has 0 unspecified atom stereocenters. The molecule has 0 bridgehead atoms. The van der Waals surface area contributed by atoms with Crippen LogP contribution in [0.5, 0.6) is 11.5 Å². The van der Waals surface area contributed by atoms with E-state index in [4.69, 9.17) is 9.47 Å². The minimum atomic E-state index is -0.347. The molecule has 1 N–H and O–H groups in total. The number of hydrogen-bond donors (Lipinski definition) is 1. The largest absolute Gasteiger partial charge is 0.490 e. The Kier molecular flexibility index (Phi) is 6.26. The average Bonchev–Trinajstić information content (AvgIpc) is 2.71. The highest BCUT2D eigenvalue weighted by molar-refractivity contribution is 6.44. The Morgan fingerprint density at radius 2 is 1.75 bits per heavy atom. The second-order valence-electron chi connectivity index (χ2n) is 6.07. The standard InChI is InChI=1S/C21H23N3O4/c1-3-27-18-12-10-15(14-19(18)28-4-2)22-21(26)17-11-13-20(25)24(23-17)16-8-6-5-7-9-16/h5-10,12,14H,3-4,11,13H2,1-2H3,(H,22,26). The number of benzene rings is 2. The third-order valence-electron chi connectivity index (χ3n) is 4.10. The van der Waals surface area contributed by atoms with Crippen molar-refractivity contribution in [3.05, 3.63) is 48.5 Å². The molecule has 0 saturated heterocycles. The Labute approximate surface area is 163 Å². The molecule has 0 spiro atoms. The Morgan fingerprint density at radius 3 is 2.46 bits per heavy atom. The molecule has 0 fully saturated rings. The van der Waals surface area contributed by atoms with Crippen LogP contribution >= 0.6 is 0 Å². The lowest BCUT2D eigenvalue weighted by molar-refractivity contribution is -0.118. The van der Waals surface area contributed by atoms with E-state index in [9.17, 15) is 9.59 Å². The van der Waals surface area contributed by atoms with Gasteiger partial charge in [0.15, 0.2) is 11.5 Å². The quantitative estimate of drug-likeness (QED) is 0.795. The number of anilines is 2. The summed E-state index contributed by atoms with van der Waals surface area (Å²) in [5.41, 5.74) is 1.51. The highest BCUT2D eigenvalue weighted by Gasteiger charge is 2.25. The molecule has 0 saturated carbocycles. The molecule has 146 valence electrons. The van der Waals surface area contributed by atoms with Crippen LogP contribution in [0.4, 0.5) is 11.4 Å². The SMILES string of the molecule is CCOc1ccc(NC(=O)C2=NN(c3ccccc3)C(=O)CC2)cc1OCC. The lowest BCUT2D eigenvalue weighted by Crippen LogP contribution is -2.36. The highest BCUT2D eigenvalue weighted by Crippen LogP contribution is 2.31. The topological polar surface area (TPSA) is 80.2 Å². The molecule has 2 amide bonds. The first-order valence-electron chi connectivity index (χ1n) is 9.28. The first-order chi connectivity index (χ1) is 13.6. The fourth-order valence-corrected chi connectivity index (χ4v) is 2.82. The van der Waals surface area contributed by atoms with Crippen LogP contribution in [0, 0.1) is 0 Å². The summed E-state index contributed by atoms with van der Waals surface area (Å²) in [5.74, 6) is 0.703. The summed E-state index contributed by atoms with van der Waals surface area (Å²) in [6.45, 7) is 4.78. The maximum atomic E-state index is 12.7. The highest BCUT2D eigenvalue weighted by atomic mass is 16.5. The van der Waals surface area contributed by atoms with Gasteiger partial charge in [-0.25, -0.2) is 5.01 Å². The van der Waals surface area contributed by atoms with E-state index in [-0.39, 0.29) is 18.2 Å². The number of nitrogens with one attached hydrogen (secondary N) is 1. The molecule has 0 aliphatic carbocycles. The summed E-state index contributed by atoms with van der Waals surface area (Å²) >= 11 is 0. The number of para-hydroxylation sites is 1. The zero-order valence-electron chi connectivity index (χ0n) is 16.0. The van der Waals surface area contributed by atoms with E-state index < -0.39 is 0 Å². The molecule has 2 aromatic rings. The second-order valence-corrected chi connectivity index (χ2v) is 6.07. The Morgan fingerprint density at radius 1 is 1.04 bits per heavy atom. The van der Waals surface area contributed by atoms with E-state index in [1.165, 1.54) is 5.01 Å². The van der Waals surface area contributed by atoms with Crippen LogP contribution in [0.1, 0.15) is 26.7 Å². The Balaban J connectivity index is 1.78. The smallest absolute Gasteiger partial charge is 0.271 e. The molecule has 1 aliphatic heterocycles. The zero-order chi connectivity index (χ0) is 19.9. The van der Waals surface area contributed by atoms with Gasteiger partial charge in [-0.1, -0.05) is 18.2 Å². The van der Waals surface area contributed by atoms with E-state index in [0.29, 0.717) is 48.2 Å². The maximum Gasteiger partial charge on any atom is 0.271 e. The molecule has 0 radical (unpaired) electrons. The van der Waals surface area contributed by atoms with E-state index in [1.807, 2.05) is 32.0 Å². The molecular weight excluding hydrogens is 358 g/mol. The van der Waals surface area contributed by atoms with Crippen molar-refractivity contribution in [3.63, 3.8) is 0 Å². The predicted molar refractivity (Wildman–Crippen MR) is 108 cm³/mol. The van der Waals surface area contributed by atoms with Gasteiger partial charge >= 0.3 is 0 Å². The average molecular weight is 381 g/mol. The van der Waals surface area contributed by atoms with Crippen LogP contribution in [0.15, 0.2) is 53.6 Å². The molecule has 3 rings (SSSR count). The predicted octanol–water partition coefficient (Wildman–Crippen LogP) is 3.61. The van der Waals surface area contributed by atoms with Crippen LogP contribution in [-0.2, 0) is 9.59 Å². The molecule has 1 aliphatic rings. The summed E-state index contributed by atoms with van der Waals surface area (Å²) in [6, 6.07) is 14.3. The molecule has 7 nitrogen and oxygen atoms in total. The van der Waals surface area contributed by atoms with Crippen LogP contribution < -0.4 is 19.8 Å². The van der Waals surface area contributed by atoms with Gasteiger partial charge in [0, 0.05) is 24.6 Å². The van der Waals surface area contributed by atoms with Crippen LogP contribution in [0.25, 0.3) is 0 Å². The third-order valence-corrected chi connectivity index (χ3v) is 4.10. The minimum Gasteiger partial charge on any atom is -0.490 e. The molecule has 0 atom stereocenters. The monoisotopic (exact) mass is 381 g/mol. The lowest BCUT2D eigenvalue weighted by Gasteiger charge is -2.23. The number of hydrazone groups is 1. The van der Waals surface area contributed by atoms with Gasteiger partial charge in [0.05, 0.1) is 18.9 Å². The second kappa shape index (κ2) is 9.03. The number of rotatable bonds is 7. The van der Waals surface area contributed by atoms with Crippen molar-refractivity contribution in [2.75, 3.05) is 23.5 Å². The van der Waals surface area contributed by atoms with Crippen molar-refractivity contribution < 1.29 is 19.1 Å².